The first-order chi connectivity index (χ1) is 15.7. The lowest BCUT2D eigenvalue weighted by atomic mass is 9.95. The van der Waals surface area contributed by atoms with Crippen LogP contribution in [0.4, 0.5) is 10.7 Å². The van der Waals surface area contributed by atoms with E-state index in [2.05, 4.69) is 10.6 Å². The Morgan fingerprint density at radius 2 is 1.52 bits per heavy atom. The van der Waals surface area contributed by atoms with Crippen molar-refractivity contribution in [2.45, 2.75) is 45.1 Å². The van der Waals surface area contributed by atoms with Crippen molar-refractivity contribution < 1.29 is 14.3 Å². The van der Waals surface area contributed by atoms with E-state index in [1.165, 1.54) is 11.3 Å². The first-order valence-corrected chi connectivity index (χ1v) is 12.3. The van der Waals surface area contributed by atoms with E-state index in [9.17, 15) is 9.59 Å². The number of ether oxygens (including phenoxy) is 1. The van der Waals surface area contributed by atoms with Crippen molar-refractivity contribution in [1.82, 2.24) is 0 Å². The summed E-state index contributed by atoms with van der Waals surface area (Å²) in [5.41, 5.74) is 1.02. The van der Waals surface area contributed by atoms with E-state index in [0.717, 1.165) is 36.1 Å². The molecule has 2 amide bonds. The summed E-state index contributed by atoms with van der Waals surface area (Å²) in [6, 6.07) is 13.8. The third-order valence-electron chi connectivity index (χ3n) is 5.46. The van der Waals surface area contributed by atoms with Crippen LogP contribution in [-0.4, -0.2) is 17.4 Å². The molecule has 2 N–H and O–H groups in total. The third kappa shape index (κ3) is 5.52. The van der Waals surface area contributed by atoms with Gasteiger partial charge in [-0.15, -0.1) is 11.3 Å². The van der Waals surface area contributed by atoms with Crippen LogP contribution in [0.3, 0.4) is 0 Å². The van der Waals surface area contributed by atoms with E-state index in [1.807, 2.05) is 0 Å². The van der Waals surface area contributed by atoms with Crippen molar-refractivity contribution in [1.29, 1.82) is 0 Å². The monoisotopic (exact) mass is 502 g/mol. The standard InChI is InChI=1S/C25H24Cl2N2O3S/c1-25(2,32-18-13-9-16(27)10-14-18)24(31)29-23-21(19-5-3-4-6-20(19)33-23)22(30)28-17-11-7-15(26)8-12-17/h7-14H,3-6H2,1-2H3,(H,28,30)(H,29,31). The number of aryl methyl sites for hydroxylation is 1. The Bertz CT molecular complexity index is 1170. The van der Waals surface area contributed by atoms with Crippen molar-refractivity contribution in [3.8, 4) is 5.75 Å². The van der Waals surface area contributed by atoms with Gasteiger partial charge in [-0.3, -0.25) is 9.59 Å². The zero-order valence-corrected chi connectivity index (χ0v) is 20.7. The van der Waals surface area contributed by atoms with Gasteiger partial charge in [-0.2, -0.15) is 0 Å². The molecule has 1 aliphatic carbocycles. The van der Waals surface area contributed by atoms with Gasteiger partial charge in [0, 0.05) is 20.6 Å². The molecule has 4 rings (SSSR count). The first kappa shape index (κ1) is 23.6. The average molecular weight is 503 g/mol. The predicted octanol–water partition coefficient (Wildman–Crippen LogP) is 6.98. The quantitative estimate of drug-likeness (QED) is 0.381. The van der Waals surface area contributed by atoms with E-state index in [-0.39, 0.29) is 11.8 Å². The van der Waals surface area contributed by atoms with Crippen LogP contribution in [0.2, 0.25) is 10.0 Å². The molecule has 5 nitrogen and oxygen atoms in total. The second-order valence-electron chi connectivity index (χ2n) is 8.40. The van der Waals surface area contributed by atoms with Crippen molar-refractivity contribution in [3.05, 3.63) is 74.6 Å². The summed E-state index contributed by atoms with van der Waals surface area (Å²) >= 11 is 13.4. The topological polar surface area (TPSA) is 67.4 Å². The van der Waals surface area contributed by atoms with E-state index in [1.54, 1.807) is 62.4 Å². The zero-order chi connectivity index (χ0) is 23.6. The van der Waals surface area contributed by atoms with Crippen LogP contribution in [-0.2, 0) is 17.6 Å². The molecule has 0 fully saturated rings. The highest BCUT2D eigenvalue weighted by Crippen LogP contribution is 2.39. The number of hydrogen-bond donors (Lipinski definition) is 2. The molecule has 3 aromatic rings. The Morgan fingerprint density at radius 3 is 2.18 bits per heavy atom. The van der Waals surface area contributed by atoms with E-state index >= 15 is 0 Å². The molecule has 8 heteroatoms. The molecule has 0 radical (unpaired) electrons. The number of rotatable bonds is 6. The van der Waals surface area contributed by atoms with Crippen molar-refractivity contribution in [2.75, 3.05) is 10.6 Å². The summed E-state index contributed by atoms with van der Waals surface area (Å²) in [5, 5.41) is 7.62. The molecule has 1 heterocycles. The van der Waals surface area contributed by atoms with Gasteiger partial charge in [0.15, 0.2) is 5.60 Å². The molecule has 0 saturated heterocycles. The van der Waals surface area contributed by atoms with Gasteiger partial charge in [-0.25, -0.2) is 0 Å². The van der Waals surface area contributed by atoms with Crippen LogP contribution in [0.25, 0.3) is 0 Å². The van der Waals surface area contributed by atoms with Gasteiger partial charge in [0.2, 0.25) is 0 Å². The highest BCUT2D eigenvalue weighted by Gasteiger charge is 2.33. The van der Waals surface area contributed by atoms with E-state index in [0.29, 0.717) is 32.0 Å². The van der Waals surface area contributed by atoms with Gasteiger partial charge in [-0.05, 0) is 93.6 Å². The molecule has 1 aliphatic rings. The summed E-state index contributed by atoms with van der Waals surface area (Å²) in [4.78, 5) is 27.6. The number of amides is 2. The lowest BCUT2D eigenvalue weighted by Crippen LogP contribution is -2.42. The van der Waals surface area contributed by atoms with Crippen LogP contribution in [0.5, 0.6) is 5.75 Å². The smallest absolute Gasteiger partial charge is 0.268 e. The summed E-state index contributed by atoms with van der Waals surface area (Å²) in [6.07, 6.45) is 3.81. The second-order valence-corrected chi connectivity index (χ2v) is 10.4. The minimum atomic E-state index is -1.16. The second kappa shape index (κ2) is 9.75. The van der Waals surface area contributed by atoms with Crippen molar-refractivity contribution in [2.24, 2.45) is 0 Å². The normalized spacial score (nSPS) is 13.2. The van der Waals surface area contributed by atoms with Gasteiger partial charge < -0.3 is 15.4 Å². The number of benzene rings is 2. The van der Waals surface area contributed by atoms with Gasteiger partial charge in [0.05, 0.1) is 5.56 Å². The highest BCUT2D eigenvalue weighted by atomic mass is 35.5. The number of thiophene rings is 1. The maximum absolute atomic E-state index is 13.3. The maximum Gasteiger partial charge on any atom is 0.268 e. The molecular weight excluding hydrogens is 479 g/mol. The lowest BCUT2D eigenvalue weighted by molar-refractivity contribution is -0.128. The first-order valence-electron chi connectivity index (χ1n) is 10.7. The number of carbonyl (C=O) groups is 2. The molecule has 2 aromatic carbocycles. The maximum atomic E-state index is 13.3. The fraction of sp³-hybridized carbons (Fsp3) is 0.280. The molecule has 0 bridgehead atoms. The molecule has 172 valence electrons. The van der Waals surface area contributed by atoms with Crippen LogP contribution in [0.15, 0.2) is 48.5 Å². The number of nitrogens with one attached hydrogen (secondary N) is 2. The molecular formula is C25H24Cl2N2O3S. The average Bonchev–Trinajstić information content (AvgIpc) is 3.14. The SMILES string of the molecule is CC(C)(Oc1ccc(Cl)cc1)C(=O)Nc1sc2c(c1C(=O)Nc1ccc(Cl)cc1)CCCC2. The molecule has 0 unspecified atom stereocenters. The van der Waals surface area contributed by atoms with Crippen LogP contribution >= 0.6 is 34.5 Å². The van der Waals surface area contributed by atoms with Gasteiger partial charge >= 0.3 is 0 Å². The predicted molar refractivity (Wildman–Crippen MR) is 135 cm³/mol. The minimum absolute atomic E-state index is 0.247. The third-order valence-corrected chi connectivity index (χ3v) is 7.17. The van der Waals surface area contributed by atoms with Gasteiger partial charge in [-0.1, -0.05) is 23.2 Å². The fourth-order valence-corrected chi connectivity index (χ4v) is 5.25. The summed E-state index contributed by atoms with van der Waals surface area (Å²) in [6.45, 7) is 3.38. The Hall–Kier alpha value is -2.54. The Labute approximate surface area is 207 Å². The van der Waals surface area contributed by atoms with Crippen LogP contribution in [0.1, 0.15) is 47.5 Å². The molecule has 0 saturated carbocycles. The lowest BCUT2D eigenvalue weighted by Gasteiger charge is -2.25. The molecule has 0 spiro atoms. The van der Waals surface area contributed by atoms with Crippen LogP contribution < -0.4 is 15.4 Å². The Balaban J connectivity index is 1.58. The number of fused-ring (bicyclic) bond motifs is 1. The number of anilines is 2. The molecule has 1 aromatic heterocycles. The van der Waals surface area contributed by atoms with Crippen molar-refractivity contribution >= 4 is 57.0 Å². The zero-order valence-electron chi connectivity index (χ0n) is 18.3. The highest BCUT2D eigenvalue weighted by molar-refractivity contribution is 7.17. The van der Waals surface area contributed by atoms with Gasteiger partial charge in [0.25, 0.3) is 11.8 Å². The minimum Gasteiger partial charge on any atom is -0.478 e. The largest absolute Gasteiger partial charge is 0.478 e. The Morgan fingerprint density at radius 1 is 0.909 bits per heavy atom. The Kier molecular flexibility index (Phi) is 6.98. The van der Waals surface area contributed by atoms with Crippen LogP contribution in [0, 0.1) is 0 Å². The molecule has 0 aliphatic heterocycles. The van der Waals surface area contributed by atoms with Gasteiger partial charge in [0.1, 0.15) is 10.8 Å². The number of carbonyl (C=O) groups excluding carboxylic acids is 2. The van der Waals surface area contributed by atoms with Crippen molar-refractivity contribution in [3.63, 3.8) is 0 Å². The summed E-state index contributed by atoms with van der Waals surface area (Å²) in [7, 11) is 0. The number of hydrogen-bond acceptors (Lipinski definition) is 4. The molecule has 0 atom stereocenters. The number of halogens is 2. The molecule has 33 heavy (non-hydrogen) atoms. The summed E-state index contributed by atoms with van der Waals surface area (Å²) < 4.78 is 5.92. The van der Waals surface area contributed by atoms with E-state index < -0.39 is 5.60 Å². The van der Waals surface area contributed by atoms with E-state index in [4.69, 9.17) is 27.9 Å². The summed E-state index contributed by atoms with van der Waals surface area (Å²) in [5.74, 6) is -0.0502. The fourth-order valence-electron chi connectivity index (χ4n) is 3.72.